The maximum absolute atomic E-state index is 14.6. The van der Waals surface area contributed by atoms with Crippen molar-refractivity contribution in [2.75, 3.05) is 14.2 Å². The number of carbonyl (C=O) groups is 4. The molecule has 14 heteroatoms. The van der Waals surface area contributed by atoms with Gasteiger partial charge in [0.25, 0.3) is 0 Å². The SMILES string of the molecule is COC(=O)N[C@H](C(=O)N1C2CCCCC2C[C@H]1c1nc2ccc(C3=CC4=C(c5ccc6nc([C@@H]7CC8CCCCC8N7C(=O)[C@@H](NC(=O)OC)C(C)C)[nH]c6c5)C[C@@H]3CC[C@@H]3C=CC(=CC3C)CC4)cc2[nH]1)C(C)C. The van der Waals surface area contributed by atoms with Gasteiger partial charge in [-0.15, -0.1) is 0 Å². The molecule has 14 nitrogen and oxygen atoms in total. The van der Waals surface area contributed by atoms with E-state index in [2.05, 4.69) is 98.0 Å². The quantitative estimate of drug-likeness (QED) is 0.121. The molecular weight excluding hydrogens is 941 g/mol. The first-order valence-electron chi connectivity index (χ1n) is 28.4. The zero-order chi connectivity index (χ0) is 52.2. The number of hydrogen-bond acceptors (Lipinski definition) is 8. The Kier molecular flexibility index (Phi) is 14.3. The lowest BCUT2D eigenvalue weighted by Crippen LogP contribution is -2.53. The average molecular weight is 1020 g/mol. The van der Waals surface area contributed by atoms with Crippen LogP contribution in [0.25, 0.3) is 33.2 Å². The summed E-state index contributed by atoms with van der Waals surface area (Å²) < 4.78 is 9.93. The minimum atomic E-state index is -0.700. The van der Waals surface area contributed by atoms with Crippen LogP contribution >= 0.6 is 0 Å². The van der Waals surface area contributed by atoms with Gasteiger partial charge in [-0.05, 0) is 164 Å². The highest BCUT2D eigenvalue weighted by atomic mass is 16.5. The Hall–Kier alpha value is -6.18. The Morgan fingerprint density at radius 2 is 1.21 bits per heavy atom. The lowest BCUT2D eigenvalue weighted by molar-refractivity contribution is -0.139. The molecule has 4 heterocycles. The molecule has 75 heavy (non-hydrogen) atoms. The van der Waals surface area contributed by atoms with Crippen LogP contribution in [-0.4, -0.2) is 92.1 Å². The molecule has 4 fully saturated rings. The van der Waals surface area contributed by atoms with Gasteiger partial charge in [0.05, 0.1) is 48.4 Å². The number of ether oxygens (including phenoxy) is 2. The number of aromatic nitrogens is 4. The standard InChI is InChI=1S/C61H78N8O6/c1-33(2)54(66-60(72)74-6)58(70)68-50-14-10-8-12-42(50)31-52(68)56-62-46-24-22-40(29-48(46)64-56)44-28-39-21-20-37-18-16-36(26-35(37)5)17-19-38(44)27-45(39)41-23-25-47-49(30-41)65-57(63-47)53-32-43-13-9-11-15-51(43)69(53)59(71)55(34(3)4)67-61(73)75-7/h16,18,22-27,29-30,33-35,37,39,42-43,50-55H,8-15,17,19-21,28,31-32H2,1-7H3,(H,62,64)(H,63,65)(H,66,72)(H,67,73)/t35?,37-,39-,42?,43?,50?,51?,52-,53-,54-,55-/m0/s1. The number of rotatable bonds is 10. The van der Waals surface area contributed by atoms with Crippen molar-refractivity contribution in [3.05, 3.63) is 94.6 Å². The summed E-state index contributed by atoms with van der Waals surface area (Å²) in [5, 5.41) is 5.72. The average Bonchev–Trinajstić information content (AvgIpc) is 4.23. The predicted octanol–water partition coefficient (Wildman–Crippen LogP) is 12.0. The Bertz CT molecular complexity index is 2980. The van der Waals surface area contributed by atoms with Crippen LogP contribution in [0.5, 0.6) is 0 Å². The van der Waals surface area contributed by atoms with E-state index in [9.17, 15) is 19.2 Å². The van der Waals surface area contributed by atoms with Crippen molar-refractivity contribution in [3.63, 3.8) is 0 Å². The van der Waals surface area contributed by atoms with Gasteiger partial charge in [0.15, 0.2) is 0 Å². The monoisotopic (exact) mass is 1020 g/mol. The summed E-state index contributed by atoms with van der Waals surface area (Å²) in [5.74, 6) is 3.30. The smallest absolute Gasteiger partial charge is 0.407 e. The highest BCUT2D eigenvalue weighted by Crippen LogP contribution is 2.50. The lowest BCUT2D eigenvalue weighted by Gasteiger charge is -2.36. The highest BCUT2D eigenvalue weighted by Gasteiger charge is 2.50. The number of allylic oxidation sites excluding steroid dienone is 8. The van der Waals surface area contributed by atoms with Crippen LogP contribution in [0.1, 0.15) is 166 Å². The molecule has 11 atom stereocenters. The van der Waals surface area contributed by atoms with E-state index in [1.54, 1.807) is 0 Å². The number of carbonyl (C=O) groups excluding carboxylic acids is 4. The minimum absolute atomic E-state index is 0.0637. The van der Waals surface area contributed by atoms with E-state index in [0.717, 1.165) is 130 Å². The van der Waals surface area contributed by atoms with Gasteiger partial charge in [0.1, 0.15) is 23.7 Å². The zero-order valence-corrected chi connectivity index (χ0v) is 45.1. The molecule has 4 aromatic rings. The number of imidazole rings is 2. The molecule has 4 amide bonds. The molecule has 8 aliphatic carbocycles. The van der Waals surface area contributed by atoms with E-state index in [4.69, 9.17) is 19.4 Å². The first kappa shape index (κ1) is 51.0. The van der Waals surface area contributed by atoms with Crippen molar-refractivity contribution in [2.24, 2.45) is 41.4 Å². The van der Waals surface area contributed by atoms with Gasteiger partial charge in [0, 0.05) is 12.1 Å². The van der Waals surface area contributed by atoms with Crippen molar-refractivity contribution in [1.29, 1.82) is 0 Å². The van der Waals surface area contributed by atoms with Crippen LogP contribution < -0.4 is 10.6 Å². The maximum atomic E-state index is 14.6. The van der Waals surface area contributed by atoms with E-state index in [0.29, 0.717) is 23.7 Å². The number of benzene rings is 2. The van der Waals surface area contributed by atoms with Crippen molar-refractivity contribution >= 4 is 57.2 Å². The first-order chi connectivity index (χ1) is 36.3. The van der Waals surface area contributed by atoms with Crippen LogP contribution in [0.4, 0.5) is 9.59 Å². The van der Waals surface area contributed by atoms with Crippen LogP contribution in [0, 0.1) is 41.4 Å². The second-order valence-electron chi connectivity index (χ2n) is 23.8. The number of alkyl carbamates (subject to hydrolysis) is 2. The number of aromatic amines is 2. The zero-order valence-electron chi connectivity index (χ0n) is 45.1. The first-order valence-corrected chi connectivity index (χ1v) is 28.4. The van der Waals surface area contributed by atoms with Gasteiger partial charge >= 0.3 is 12.2 Å². The Balaban J connectivity index is 0.937. The molecule has 0 radical (unpaired) electrons. The second kappa shape index (κ2) is 21.1. The fourth-order valence-corrected chi connectivity index (χ4v) is 14.6. The van der Waals surface area contributed by atoms with Crippen LogP contribution in [0.2, 0.25) is 0 Å². The van der Waals surface area contributed by atoms with Gasteiger partial charge in [-0.2, -0.15) is 0 Å². The normalized spacial score (nSPS) is 28.4. The summed E-state index contributed by atoms with van der Waals surface area (Å²) >= 11 is 0. The molecule has 0 spiro atoms. The van der Waals surface area contributed by atoms with Crippen LogP contribution in [0.15, 0.2) is 71.8 Å². The summed E-state index contributed by atoms with van der Waals surface area (Å²) in [6.45, 7) is 10.3. The molecule has 398 valence electrons. The minimum Gasteiger partial charge on any atom is -0.453 e. The van der Waals surface area contributed by atoms with Crippen molar-refractivity contribution < 1.29 is 28.7 Å². The lowest BCUT2D eigenvalue weighted by atomic mass is 9.72. The summed E-state index contributed by atoms with van der Waals surface area (Å²) in [7, 11) is 2.68. The van der Waals surface area contributed by atoms with Crippen molar-refractivity contribution in [3.8, 4) is 0 Å². The Labute approximate surface area is 442 Å². The molecule has 4 N–H and O–H groups in total. The molecule has 2 aromatic heterocycles. The summed E-state index contributed by atoms with van der Waals surface area (Å²) in [5.41, 5.74) is 11.6. The van der Waals surface area contributed by atoms with Crippen molar-refractivity contribution in [1.82, 2.24) is 40.4 Å². The van der Waals surface area contributed by atoms with E-state index in [1.165, 1.54) is 47.6 Å². The third-order valence-corrected chi connectivity index (χ3v) is 18.6. The third kappa shape index (κ3) is 9.84. The Morgan fingerprint density at radius 3 is 1.75 bits per heavy atom. The van der Waals surface area contributed by atoms with Crippen LogP contribution in [0.3, 0.4) is 0 Å². The fourth-order valence-electron chi connectivity index (χ4n) is 14.6. The fraction of sp³-hybridized carbons (Fsp3) is 0.574. The molecule has 2 aromatic carbocycles. The predicted molar refractivity (Wildman–Crippen MR) is 292 cm³/mol. The van der Waals surface area contributed by atoms with Gasteiger partial charge in [0.2, 0.25) is 11.8 Å². The molecule has 10 aliphatic rings. The van der Waals surface area contributed by atoms with Gasteiger partial charge in [-0.3, -0.25) is 9.59 Å². The third-order valence-electron chi connectivity index (χ3n) is 18.6. The molecule has 2 saturated heterocycles. The van der Waals surface area contributed by atoms with Gasteiger partial charge < -0.3 is 39.9 Å². The van der Waals surface area contributed by atoms with Gasteiger partial charge in [-0.1, -0.05) is 102 Å². The molecule has 5 unspecified atom stereocenters. The van der Waals surface area contributed by atoms with Crippen molar-refractivity contribution in [2.45, 2.75) is 167 Å². The molecule has 2 saturated carbocycles. The number of methoxy groups -OCH3 is 2. The number of fused-ring (bicyclic) bond motifs is 4. The molecule has 14 rings (SSSR count). The number of likely N-dealkylation sites (tertiary alicyclic amines) is 2. The summed E-state index contributed by atoms with van der Waals surface area (Å²) in [4.78, 5) is 76.4. The van der Waals surface area contributed by atoms with Crippen LogP contribution in [-0.2, 0) is 19.1 Å². The second-order valence-corrected chi connectivity index (χ2v) is 23.8. The summed E-state index contributed by atoms with van der Waals surface area (Å²) in [6, 6.07) is 11.8. The van der Waals surface area contributed by atoms with E-state index >= 15 is 0 Å². The largest absolute Gasteiger partial charge is 0.453 e. The molecular formula is C61H78N8O6. The van der Waals surface area contributed by atoms with E-state index in [-0.39, 0.29) is 53.7 Å². The highest BCUT2D eigenvalue weighted by molar-refractivity contribution is 5.90. The molecule has 4 bridgehead atoms. The molecule has 2 aliphatic heterocycles. The number of hydrogen-bond donors (Lipinski definition) is 4. The van der Waals surface area contributed by atoms with Gasteiger partial charge in [-0.25, -0.2) is 19.6 Å². The maximum Gasteiger partial charge on any atom is 0.407 e. The topological polar surface area (TPSA) is 175 Å². The Morgan fingerprint density at radius 1 is 0.680 bits per heavy atom. The number of H-pyrrole nitrogens is 2. The summed E-state index contributed by atoms with van der Waals surface area (Å²) in [6.07, 6.45) is 23.9. The number of nitrogens with zero attached hydrogens (tertiary/aromatic N) is 4. The number of amides is 4. The van der Waals surface area contributed by atoms with E-state index in [1.807, 2.05) is 27.7 Å². The number of nitrogens with one attached hydrogen (secondary N) is 4. The van der Waals surface area contributed by atoms with E-state index < -0.39 is 24.3 Å².